The van der Waals surface area contributed by atoms with Crippen LogP contribution in [0.25, 0.3) is 0 Å². The van der Waals surface area contributed by atoms with Crippen LogP contribution in [0.5, 0.6) is 5.75 Å². The fourth-order valence-corrected chi connectivity index (χ4v) is 5.06. The van der Waals surface area contributed by atoms with Gasteiger partial charge < -0.3 is 4.74 Å². The Morgan fingerprint density at radius 1 is 1.03 bits per heavy atom. The summed E-state index contributed by atoms with van der Waals surface area (Å²) in [5, 5.41) is 4.54. The van der Waals surface area contributed by atoms with Crippen LogP contribution in [0.3, 0.4) is 0 Å². The van der Waals surface area contributed by atoms with E-state index in [4.69, 9.17) is 27.9 Å². The summed E-state index contributed by atoms with van der Waals surface area (Å²) in [4.78, 5) is 12.8. The highest BCUT2D eigenvalue weighted by molar-refractivity contribution is 7.92. The topological polar surface area (TPSA) is 88.1 Å². The summed E-state index contributed by atoms with van der Waals surface area (Å²) < 4.78 is 33.1. The second kappa shape index (κ2) is 11.4. The molecule has 0 aromatic heterocycles. The van der Waals surface area contributed by atoms with Crippen molar-refractivity contribution in [1.29, 1.82) is 0 Å². The van der Waals surface area contributed by atoms with Gasteiger partial charge in [-0.3, -0.25) is 9.10 Å². The molecule has 0 heterocycles. The van der Waals surface area contributed by atoms with E-state index in [0.717, 1.165) is 15.6 Å². The molecule has 0 bridgehead atoms. The Morgan fingerprint density at radius 2 is 1.71 bits per heavy atom. The molecule has 3 rings (SSSR count). The Morgan fingerprint density at radius 3 is 2.32 bits per heavy atom. The predicted octanol–water partition coefficient (Wildman–Crippen LogP) is 5.13. The van der Waals surface area contributed by atoms with Crippen molar-refractivity contribution in [3.8, 4) is 5.75 Å². The zero-order valence-corrected chi connectivity index (χ0v) is 20.9. The van der Waals surface area contributed by atoms with Gasteiger partial charge in [-0.25, -0.2) is 13.8 Å². The van der Waals surface area contributed by atoms with Gasteiger partial charge in [-0.05, 0) is 74.0 Å². The number of hydrazone groups is 1. The molecule has 0 saturated heterocycles. The molecular weight excluding hydrogens is 497 g/mol. The summed E-state index contributed by atoms with van der Waals surface area (Å²) in [7, 11) is -4.10. The van der Waals surface area contributed by atoms with Crippen molar-refractivity contribution in [3.05, 3.63) is 88.4 Å². The fourth-order valence-electron chi connectivity index (χ4n) is 3.04. The first kappa shape index (κ1) is 25.6. The molecule has 34 heavy (non-hydrogen) atoms. The normalized spacial score (nSPS) is 11.7. The van der Waals surface area contributed by atoms with E-state index >= 15 is 0 Å². The monoisotopic (exact) mass is 519 g/mol. The van der Waals surface area contributed by atoms with Gasteiger partial charge in [0.15, 0.2) is 0 Å². The second-order valence-electron chi connectivity index (χ2n) is 7.11. The fraction of sp³-hybridized carbons (Fsp3) is 0.167. The maximum atomic E-state index is 13.4. The second-order valence-corrected chi connectivity index (χ2v) is 9.82. The van der Waals surface area contributed by atoms with E-state index in [1.807, 2.05) is 19.1 Å². The molecule has 1 N–H and O–H groups in total. The van der Waals surface area contributed by atoms with Crippen LogP contribution in [0.4, 0.5) is 5.69 Å². The van der Waals surface area contributed by atoms with Gasteiger partial charge in [-0.15, -0.1) is 0 Å². The van der Waals surface area contributed by atoms with Crippen LogP contribution in [0.1, 0.15) is 19.4 Å². The standard InChI is InChI=1S/C24H23Cl2N3O4S/c1-3-33-20-12-9-18(10-13-20)17(2)27-28-24(30)16-29(23-14-11-19(25)15-22(23)26)34(31,32)21-7-5-4-6-8-21/h4-15H,3,16H2,1-2H3,(H,28,30)/b27-17-. The van der Waals surface area contributed by atoms with Gasteiger partial charge >= 0.3 is 0 Å². The van der Waals surface area contributed by atoms with E-state index < -0.39 is 22.5 Å². The highest BCUT2D eigenvalue weighted by atomic mass is 35.5. The summed E-state index contributed by atoms with van der Waals surface area (Å²) in [5.74, 6) is 0.0838. The van der Waals surface area contributed by atoms with E-state index in [1.165, 1.54) is 30.3 Å². The number of rotatable bonds is 9. The van der Waals surface area contributed by atoms with Crippen molar-refractivity contribution in [2.75, 3.05) is 17.5 Å². The SMILES string of the molecule is CCOc1ccc(/C(C)=N\NC(=O)CN(c2ccc(Cl)cc2Cl)S(=O)(=O)c2ccccc2)cc1. The number of hydrogen-bond donors (Lipinski definition) is 1. The van der Waals surface area contributed by atoms with Crippen LogP contribution >= 0.6 is 23.2 Å². The molecule has 3 aromatic carbocycles. The summed E-state index contributed by atoms with van der Waals surface area (Å²) >= 11 is 12.3. The molecule has 0 fully saturated rings. The van der Waals surface area contributed by atoms with Crippen molar-refractivity contribution in [1.82, 2.24) is 5.43 Å². The van der Waals surface area contributed by atoms with Crippen LogP contribution in [-0.4, -0.2) is 33.2 Å². The maximum Gasteiger partial charge on any atom is 0.264 e. The van der Waals surface area contributed by atoms with Crippen molar-refractivity contribution >= 4 is 50.5 Å². The van der Waals surface area contributed by atoms with Crippen LogP contribution in [-0.2, 0) is 14.8 Å². The number of benzene rings is 3. The minimum atomic E-state index is -4.10. The van der Waals surface area contributed by atoms with Gasteiger partial charge in [-0.2, -0.15) is 5.10 Å². The average molecular weight is 520 g/mol. The van der Waals surface area contributed by atoms with Gasteiger partial charge in [0, 0.05) is 5.02 Å². The summed E-state index contributed by atoms with van der Waals surface area (Å²) in [5.41, 5.74) is 3.86. The van der Waals surface area contributed by atoms with Gasteiger partial charge in [0.2, 0.25) is 0 Å². The lowest BCUT2D eigenvalue weighted by Crippen LogP contribution is -2.40. The third-order valence-corrected chi connectivity index (χ3v) is 7.04. The van der Waals surface area contributed by atoms with Crippen molar-refractivity contribution in [2.45, 2.75) is 18.7 Å². The zero-order chi connectivity index (χ0) is 24.7. The highest BCUT2D eigenvalue weighted by Gasteiger charge is 2.28. The minimum Gasteiger partial charge on any atom is -0.494 e. The summed E-state index contributed by atoms with van der Waals surface area (Å²) in [6.45, 7) is 3.64. The van der Waals surface area contributed by atoms with E-state index in [0.29, 0.717) is 17.3 Å². The third kappa shape index (κ3) is 6.28. The molecule has 1 amide bonds. The number of sulfonamides is 1. The first-order chi connectivity index (χ1) is 16.2. The van der Waals surface area contributed by atoms with Crippen molar-refractivity contribution in [2.24, 2.45) is 5.10 Å². The lowest BCUT2D eigenvalue weighted by molar-refractivity contribution is -0.119. The molecule has 0 aliphatic carbocycles. The highest BCUT2D eigenvalue weighted by Crippen LogP contribution is 2.32. The number of carbonyl (C=O) groups is 1. The Kier molecular flexibility index (Phi) is 8.55. The molecule has 0 saturated carbocycles. The number of anilines is 1. The van der Waals surface area contributed by atoms with Crippen LogP contribution < -0.4 is 14.5 Å². The first-order valence-corrected chi connectivity index (χ1v) is 12.5. The number of nitrogens with one attached hydrogen (secondary N) is 1. The molecule has 0 aliphatic heterocycles. The zero-order valence-electron chi connectivity index (χ0n) is 18.5. The molecule has 10 heteroatoms. The van der Waals surface area contributed by atoms with Gasteiger partial charge in [0.05, 0.1) is 27.9 Å². The number of ether oxygens (including phenoxy) is 1. The Bertz CT molecular complexity index is 1280. The predicted molar refractivity (Wildman–Crippen MR) is 135 cm³/mol. The van der Waals surface area contributed by atoms with E-state index in [9.17, 15) is 13.2 Å². The molecule has 3 aromatic rings. The third-order valence-electron chi connectivity index (χ3n) is 4.73. The Balaban J connectivity index is 1.84. The van der Waals surface area contributed by atoms with Gasteiger partial charge in [-0.1, -0.05) is 41.4 Å². The molecule has 178 valence electrons. The Labute approximate surface area is 209 Å². The van der Waals surface area contributed by atoms with E-state index in [-0.39, 0.29) is 15.6 Å². The quantitative estimate of drug-likeness (QED) is 0.313. The summed E-state index contributed by atoms with van der Waals surface area (Å²) in [6, 6.07) is 19.4. The Hall–Kier alpha value is -3.07. The molecule has 0 aliphatic rings. The molecule has 0 spiro atoms. The molecule has 0 unspecified atom stereocenters. The average Bonchev–Trinajstić information content (AvgIpc) is 2.82. The van der Waals surface area contributed by atoms with Crippen molar-refractivity contribution in [3.63, 3.8) is 0 Å². The molecule has 0 atom stereocenters. The molecular formula is C24H23Cl2N3O4S. The maximum absolute atomic E-state index is 13.4. The van der Waals surface area contributed by atoms with Crippen LogP contribution in [0.2, 0.25) is 10.0 Å². The smallest absolute Gasteiger partial charge is 0.264 e. The lowest BCUT2D eigenvalue weighted by Gasteiger charge is -2.24. The van der Waals surface area contributed by atoms with E-state index in [1.54, 1.807) is 37.3 Å². The number of halogens is 2. The van der Waals surface area contributed by atoms with Gasteiger partial charge in [0.1, 0.15) is 12.3 Å². The number of carbonyl (C=O) groups excluding carboxylic acids is 1. The van der Waals surface area contributed by atoms with Crippen molar-refractivity contribution < 1.29 is 17.9 Å². The molecule has 7 nitrogen and oxygen atoms in total. The van der Waals surface area contributed by atoms with Gasteiger partial charge in [0.25, 0.3) is 15.9 Å². The number of hydrogen-bond acceptors (Lipinski definition) is 5. The first-order valence-electron chi connectivity index (χ1n) is 10.3. The van der Waals surface area contributed by atoms with Crippen LogP contribution in [0, 0.1) is 0 Å². The molecule has 0 radical (unpaired) electrons. The number of nitrogens with zero attached hydrogens (tertiary/aromatic N) is 2. The lowest BCUT2D eigenvalue weighted by atomic mass is 10.1. The van der Waals surface area contributed by atoms with Crippen LogP contribution in [0.15, 0.2) is 82.8 Å². The van der Waals surface area contributed by atoms with E-state index in [2.05, 4.69) is 10.5 Å². The number of amides is 1. The minimum absolute atomic E-state index is 0.0166. The largest absolute Gasteiger partial charge is 0.494 e. The summed E-state index contributed by atoms with van der Waals surface area (Å²) in [6.07, 6.45) is 0.